The highest BCUT2D eigenvalue weighted by atomic mass is 32.2. The van der Waals surface area contributed by atoms with Crippen LogP contribution in [0.2, 0.25) is 0 Å². The molecule has 70 valence electrons. The lowest BCUT2D eigenvalue weighted by Crippen LogP contribution is -2.05. The Hall–Kier alpha value is 0.0500. The van der Waals surface area contributed by atoms with Gasteiger partial charge in [-0.05, 0) is 24.5 Å². The van der Waals surface area contributed by atoms with Crippen molar-refractivity contribution in [1.29, 1.82) is 0 Å². The SMILES string of the molecule is C=C(CN)CSCC1CCCC1. The van der Waals surface area contributed by atoms with Gasteiger partial charge in [0.2, 0.25) is 0 Å². The Kier molecular flexibility index (Phi) is 4.77. The average Bonchev–Trinajstić information content (AvgIpc) is 2.57. The van der Waals surface area contributed by atoms with E-state index < -0.39 is 0 Å². The van der Waals surface area contributed by atoms with E-state index in [0.717, 1.165) is 11.7 Å². The molecule has 12 heavy (non-hydrogen) atoms. The van der Waals surface area contributed by atoms with Gasteiger partial charge >= 0.3 is 0 Å². The largest absolute Gasteiger partial charge is 0.327 e. The minimum absolute atomic E-state index is 0.650. The molecule has 1 rings (SSSR count). The summed E-state index contributed by atoms with van der Waals surface area (Å²) < 4.78 is 0. The topological polar surface area (TPSA) is 26.0 Å². The van der Waals surface area contributed by atoms with Crippen molar-refractivity contribution in [3.8, 4) is 0 Å². The zero-order valence-corrected chi connectivity index (χ0v) is 8.54. The first-order valence-electron chi connectivity index (χ1n) is 4.77. The smallest absolute Gasteiger partial charge is 0.0153 e. The van der Waals surface area contributed by atoms with E-state index in [4.69, 9.17) is 5.73 Å². The molecule has 1 aliphatic carbocycles. The second kappa shape index (κ2) is 5.65. The van der Waals surface area contributed by atoms with Crippen LogP contribution in [-0.2, 0) is 0 Å². The summed E-state index contributed by atoms with van der Waals surface area (Å²) in [5.41, 5.74) is 6.63. The first kappa shape index (κ1) is 10.1. The van der Waals surface area contributed by atoms with Gasteiger partial charge in [-0.1, -0.05) is 25.0 Å². The molecule has 0 radical (unpaired) electrons. The Balaban J connectivity index is 1.97. The molecular formula is C10H19NS. The van der Waals surface area contributed by atoms with Gasteiger partial charge < -0.3 is 5.73 Å². The second-order valence-corrected chi connectivity index (χ2v) is 4.65. The number of hydrogen-bond acceptors (Lipinski definition) is 2. The monoisotopic (exact) mass is 185 g/mol. The van der Waals surface area contributed by atoms with Crippen LogP contribution in [-0.4, -0.2) is 18.1 Å². The van der Waals surface area contributed by atoms with Crippen LogP contribution in [0, 0.1) is 5.92 Å². The van der Waals surface area contributed by atoms with Gasteiger partial charge in [-0.2, -0.15) is 11.8 Å². The maximum atomic E-state index is 5.45. The Bertz CT molecular complexity index is 139. The molecule has 1 fully saturated rings. The Labute approximate surface area is 79.8 Å². The highest BCUT2D eigenvalue weighted by Gasteiger charge is 2.14. The fourth-order valence-corrected chi connectivity index (χ4v) is 2.80. The zero-order chi connectivity index (χ0) is 8.81. The quantitative estimate of drug-likeness (QED) is 0.666. The highest BCUT2D eigenvalue weighted by molar-refractivity contribution is 7.99. The van der Waals surface area contributed by atoms with Crippen molar-refractivity contribution in [3.63, 3.8) is 0 Å². The van der Waals surface area contributed by atoms with Crippen LogP contribution in [0.3, 0.4) is 0 Å². The molecule has 0 spiro atoms. The summed E-state index contributed by atoms with van der Waals surface area (Å²) in [4.78, 5) is 0. The van der Waals surface area contributed by atoms with Gasteiger partial charge in [-0.15, -0.1) is 0 Å². The Morgan fingerprint density at radius 2 is 2.08 bits per heavy atom. The van der Waals surface area contributed by atoms with E-state index in [1.807, 2.05) is 11.8 Å². The molecule has 0 aromatic rings. The number of hydrogen-bond donors (Lipinski definition) is 1. The minimum atomic E-state index is 0.650. The van der Waals surface area contributed by atoms with E-state index in [9.17, 15) is 0 Å². The van der Waals surface area contributed by atoms with Crippen molar-refractivity contribution < 1.29 is 0 Å². The van der Waals surface area contributed by atoms with E-state index in [0.29, 0.717) is 6.54 Å². The lowest BCUT2D eigenvalue weighted by Gasteiger charge is -2.08. The van der Waals surface area contributed by atoms with Gasteiger partial charge in [0.15, 0.2) is 0 Å². The third-order valence-electron chi connectivity index (χ3n) is 2.42. The van der Waals surface area contributed by atoms with E-state index in [1.54, 1.807) is 0 Å². The normalized spacial score (nSPS) is 18.4. The first-order valence-corrected chi connectivity index (χ1v) is 5.93. The third-order valence-corrected chi connectivity index (χ3v) is 3.74. The summed E-state index contributed by atoms with van der Waals surface area (Å²) in [6.07, 6.45) is 5.79. The molecule has 1 nitrogen and oxygen atoms in total. The Morgan fingerprint density at radius 3 is 2.67 bits per heavy atom. The molecular weight excluding hydrogens is 166 g/mol. The fraction of sp³-hybridized carbons (Fsp3) is 0.800. The van der Waals surface area contributed by atoms with E-state index in [1.165, 1.54) is 37.0 Å². The predicted octanol–water partition coefficient (Wildman–Crippen LogP) is 2.42. The first-order chi connectivity index (χ1) is 5.83. The second-order valence-electron chi connectivity index (χ2n) is 3.62. The molecule has 0 aromatic carbocycles. The zero-order valence-electron chi connectivity index (χ0n) is 7.72. The Morgan fingerprint density at radius 1 is 1.42 bits per heavy atom. The molecule has 1 aliphatic rings. The van der Waals surface area contributed by atoms with Crippen molar-refractivity contribution in [2.75, 3.05) is 18.1 Å². The van der Waals surface area contributed by atoms with Crippen LogP contribution in [0.1, 0.15) is 25.7 Å². The molecule has 0 amide bonds. The molecule has 0 aliphatic heterocycles. The molecule has 2 heteroatoms. The van der Waals surface area contributed by atoms with Crippen molar-refractivity contribution >= 4 is 11.8 Å². The standard InChI is InChI=1S/C10H19NS/c1-9(6-11)7-12-8-10-4-2-3-5-10/h10H,1-8,11H2. The maximum Gasteiger partial charge on any atom is 0.0153 e. The number of thioether (sulfide) groups is 1. The van der Waals surface area contributed by atoms with Crippen LogP contribution < -0.4 is 5.73 Å². The number of rotatable bonds is 5. The predicted molar refractivity (Wildman–Crippen MR) is 57.5 cm³/mol. The van der Waals surface area contributed by atoms with E-state index in [2.05, 4.69) is 6.58 Å². The molecule has 2 N–H and O–H groups in total. The van der Waals surface area contributed by atoms with Crippen LogP contribution >= 0.6 is 11.8 Å². The third kappa shape index (κ3) is 3.63. The van der Waals surface area contributed by atoms with Gasteiger partial charge in [0, 0.05) is 12.3 Å². The van der Waals surface area contributed by atoms with E-state index in [-0.39, 0.29) is 0 Å². The van der Waals surface area contributed by atoms with Crippen molar-refractivity contribution in [1.82, 2.24) is 0 Å². The summed E-state index contributed by atoms with van der Waals surface area (Å²) in [7, 11) is 0. The van der Waals surface area contributed by atoms with Crippen LogP contribution in [0.15, 0.2) is 12.2 Å². The average molecular weight is 185 g/mol. The van der Waals surface area contributed by atoms with E-state index >= 15 is 0 Å². The van der Waals surface area contributed by atoms with Gasteiger partial charge in [-0.3, -0.25) is 0 Å². The van der Waals surface area contributed by atoms with Crippen molar-refractivity contribution in [2.24, 2.45) is 11.7 Å². The molecule has 0 heterocycles. The van der Waals surface area contributed by atoms with Gasteiger partial charge in [0.25, 0.3) is 0 Å². The molecule has 0 saturated heterocycles. The molecule has 0 bridgehead atoms. The van der Waals surface area contributed by atoms with Gasteiger partial charge in [0.05, 0.1) is 0 Å². The number of nitrogens with two attached hydrogens (primary N) is 1. The maximum absolute atomic E-state index is 5.45. The summed E-state index contributed by atoms with van der Waals surface area (Å²) in [6, 6.07) is 0. The van der Waals surface area contributed by atoms with Crippen molar-refractivity contribution in [2.45, 2.75) is 25.7 Å². The molecule has 0 atom stereocenters. The molecule has 0 aromatic heterocycles. The summed E-state index contributed by atoms with van der Waals surface area (Å²) in [5, 5.41) is 0. The van der Waals surface area contributed by atoms with Crippen LogP contribution in [0.5, 0.6) is 0 Å². The lowest BCUT2D eigenvalue weighted by atomic mass is 10.1. The van der Waals surface area contributed by atoms with Gasteiger partial charge in [-0.25, -0.2) is 0 Å². The summed E-state index contributed by atoms with van der Waals surface area (Å²) in [6.45, 7) is 4.54. The lowest BCUT2D eigenvalue weighted by molar-refractivity contribution is 0.623. The highest BCUT2D eigenvalue weighted by Crippen LogP contribution is 2.28. The molecule has 1 saturated carbocycles. The minimum Gasteiger partial charge on any atom is -0.327 e. The molecule has 0 unspecified atom stereocenters. The van der Waals surface area contributed by atoms with Crippen LogP contribution in [0.25, 0.3) is 0 Å². The van der Waals surface area contributed by atoms with Gasteiger partial charge in [0.1, 0.15) is 0 Å². The summed E-state index contributed by atoms with van der Waals surface area (Å²) in [5.74, 6) is 3.37. The van der Waals surface area contributed by atoms with Crippen molar-refractivity contribution in [3.05, 3.63) is 12.2 Å². The summed E-state index contributed by atoms with van der Waals surface area (Å²) >= 11 is 2.00. The van der Waals surface area contributed by atoms with Crippen LogP contribution in [0.4, 0.5) is 0 Å². The fourth-order valence-electron chi connectivity index (χ4n) is 1.61.